The third kappa shape index (κ3) is 4.14. The maximum atomic E-state index is 9.85. The molecule has 0 radical (unpaired) electrons. The summed E-state index contributed by atoms with van der Waals surface area (Å²) in [5.41, 5.74) is 1.05. The van der Waals surface area contributed by atoms with Gasteiger partial charge in [0, 0.05) is 19.2 Å². The lowest BCUT2D eigenvalue weighted by atomic mass is 10.1. The van der Waals surface area contributed by atoms with E-state index >= 15 is 0 Å². The molecule has 0 fully saturated rings. The summed E-state index contributed by atoms with van der Waals surface area (Å²) in [7, 11) is 1.85. The van der Waals surface area contributed by atoms with Crippen molar-refractivity contribution in [2.45, 2.75) is 39.7 Å². The monoisotopic (exact) mass is 252 g/mol. The lowest BCUT2D eigenvalue weighted by Crippen LogP contribution is -2.22. The maximum Gasteiger partial charge on any atom is 0.134 e. The fourth-order valence-corrected chi connectivity index (χ4v) is 1.96. The molecule has 0 aromatic carbocycles. The Morgan fingerprint density at radius 1 is 1.28 bits per heavy atom. The Bertz CT molecular complexity index is 368. The molecule has 5 nitrogen and oxygen atoms in total. The predicted molar refractivity (Wildman–Crippen MR) is 74.9 cm³/mol. The van der Waals surface area contributed by atoms with E-state index in [0.717, 1.165) is 30.0 Å². The molecule has 1 heterocycles. The van der Waals surface area contributed by atoms with Crippen molar-refractivity contribution in [3.05, 3.63) is 11.9 Å². The van der Waals surface area contributed by atoms with Crippen LogP contribution in [0.3, 0.4) is 0 Å². The van der Waals surface area contributed by atoms with Gasteiger partial charge in [-0.15, -0.1) is 0 Å². The molecular weight excluding hydrogens is 228 g/mol. The van der Waals surface area contributed by atoms with Crippen LogP contribution in [0.25, 0.3) is 0 Å². The first-order chi connectivity index (χ1) is 8.58. The van der Waals surface area contributed by atoms with Gasteiger partial charge in [0.1, 0.15) is 18.0 Å². The Morgan fingerprint density at radius 3 is 2.50 bits per heavy atom. The van der Waals surface area contributed by atoms with Crippen molar-refractivity contribution >= 4 is 11.6 Å². The van der Waals surface area contributed by atoms with Crippen LogP contribution in [0.1, 0.15) is 32.8 Å². The quantitative estimate of drug-likeness (QED) is 0.691. The predicted octanol–water partition coefficient (Wildman–Crippen LogP) is 1.90. The second-order valence-corrected chi connectivity index (χ2v) is 4.82. The highest BCUT2D eigenvalue weighted by Crippen LogP contribution is 2.20. The Labute approximate surface area is 109 Å². The number of aliphatic hydroxyl groups excluding tert-OH is 1. The summed E-state index contributed by atoms with van der Waals surface area (Å²) < 4.78 is 0. The fraction of sp³-hybridized carbons (Fsp3) is 0.692. The highest BCUT2D eigenvalue weighted by atomic mass is 16.3. The molecule has 102 valence electrons. The van der Waals surface area contributed by atoms with Crippen LogP contribution in [0.2, 0.25) is 0 Å². The van der Waals surface area contributed by atoms with Gasteiger partial charge in [-0.2, -0.15) is 0 Å². The van der Waals surface area contributed by atoms with Crippen LogP contribution in [-0.2, 0) is 6.42 Å². The highest BCUT2D eigenvalue weighted by molar-refractivity contribution is 5.57. The van der Waals surface area contributed by atoms with Gasteiger partial charge in [-0.05, 0) is 18.8 Å². The van der Waals surface area contributed by atoms with E-state index < -0.39 is 0 Å². The molecule has 18 heavy (non-hydrogen) atoms. The molecule has 5 heteroatoms. The number of hydrogen-bond acceptors (Lipinski definition) is 5. The number of nitrogens with one attached hydrogen (secondary N) is 2. The standard InChI is InChI=1S/C13H24N4O/c1-5-11-12(14-4)16-8-17-13(11)15-7-10(18)6-9(2)3/h8-10,18H,5-7H2,1-4H3,(H2,14,15,16,17). The summed E-state index contributed by atoms with van der Waals surface area (Å²) in [5, 5.41) is 16.1. The lowest BCUT2D eigenvalue weighted by molar-refractivity contribution is 0.161. The molecule has 1 aromatic rings. The minimum absolute atomic E-state index is 0.345. The van der Waals surface area contributed by atoms with E-state index in [-0.39, 0.29) is 6.10 Å². The van der Waals surface area contributed by atoms with Crippen molar-refractivity contribution in [1.29, 1.82) is 0 Å². The van der Waals surface area contributed by atoms with Crippen molar-refractivity contribution in [2.75, 3.05) is 24.2 Å². The number of aromatic nitrogens is 2. The lowest BCUT2D eigenvalue weighted by Gasteiger charge is -2.16. The second kappa shape index (κ2) is 7.16. The van der Waals surface area contributed by atoms with E-state index in [1.54, 1.807) is 0 Å². The van der Waals surface area contributed by atoms with E-state index in [9.17, 15) is 5.11 Å². The molecule has 1 aromatic heterocycles. The van der Waals surface area contributed by atoms with Crippen LogP contribution in [0.4, 0.5) is 11.6 Å². The van der Waals surface area contributed by atoms with Crippen LogP contribution in [0.15, 0.2) is 6.33 Å². The number of anilines is 2. The second-order valence-electron chi connectivity index (χ2n) is 4.82. The molecule has 1 atom stereocenters. The normalized spacial score (nSPS) is 12.6. The van der Waals surface area contributed by atoms with E-state index in [0.29, 0.717) is 12.5 Å². The van der Waals surface area contributed by atoms with E-state index in [1.807, 2.05) is 7.05 Å². The number of hydrogen-bond donors (Lipinski definition) is 3. The molecule has 1 unspecified atom stereocenters. The molecule has 0 aliphatic heterocycles. The number of aliphatic hydroxyl groups is 1. The van der Waals surface area contributed by atoms with Gasteiger partial charge >= 0.3 is 0 Å². The zero-order chi connectivity index (χ0) is 13.5. The number of rotatable bonds is 7. The molecule has 0 aliphatic rings. The number of nitrogens with zero attached hydrogens (tertiary/aromatic N) is 2. The smallest absolute Gasteiger partial charge is 0.134 e. The molecule has 3 N–H and O–H groups in total. The topological polar surface area (TPSA) is 70.1 Å². The molecule has 0 saturated carbocycles. The van der Waals surface area contributed by atoms with Gasteiger partial charge in [-0.3, -0.25) is 0 Å². The molecule has 0 saturated heterocycles. The largest absolute Gasteiger partial charge is 0.391 e. The first kappa shape index (κ1) is 14.7. The van der Waals surface area contributed by atoms with Crippen molar-refractivity contribution in [3.8, 4) is 0 Å². The molecule has 0 spiro atoms. The molecule has 1 rings (SSSR count). The molecule has 0 bridgehead atoms. The van der Waals surface area contributed by atoms with Crippen molar-refractivity contribution in [3.63, 3.8) is 0 Å². The van der Waals surface area contributed by atoms with Gasteiger partial charge in [0.2, 0.25) is 0 Å². The van der Waals surface area contributed by atoms with Gasteiger partial charge in [0.15, 0.2) is 0 Å². The summed E-state index contributed by atoms with van der Waals surface area (Å²) in [6.45, 7) is 6.79. The SMILES string of the molecule is CCc1c(NC)ncnc1NCC(O)CC(C)C. The minimum Gasteiger partial charge on any atom is -0.391 e. The molecule has 0 amide bonds. The Kier molecular flexibility index (Phi) is 5.85. The summed E-state index contributed by atoms with van der Waals surface area (Å²) in [5.74, 6) is 2.14. The Hall–Kier alpha value is -1.36. The first-order valence-corrected chi connectivity index (χ1v) is 6.52. The van der Waals surface area contributed by atoms with Crippen LogP contribution in [0, 0.1) is 5.92 Å². The van der Waals surface area contributed by atoms with E-state index in [1.165, 1.54) is 6.33 Å². The van der Waals surface area contributed by atoms with Crippen LogP contribution in [0.5, 0.6) is 0 Å². The molecule has 0 aliphatic carbocycles. The third-order valence-electron chi connectivity index (χ3n) is 2.78. The van der Waals surface area contributed by atoms with Gasteiger partial charge in [0.25, 0.3) is 0 Å². The van der Waals surface area contributed by atoms with Gasteiger partial charge in [-0.1, -0.05) is 20.8 Å². The van der Waals surface area contributed by atoms with Crippen LogP contribution >= 0.6 is 0 Å². The average Bonchev–Trinajstić information content (AvgIpc) is 2.34. The zero-order valence-electron chi connectivity index (χ0n) is 11.7. The zero-order valence-corrected chi connectivity index (χ0v) is 11.7. The van der Waals surface area contributed by atoms with Crippen molar-refractivity contribution in [2.24, 2.45) is 5.92 Å². The van der Waals surface area contributed by atoms with Gasteiger partial charge in [0.05, 0.1) is 6.10 Å². The fourth-order valence-electron chi connectivity index (χ4n) is 1.96. The van der Waals surface area contributed by atoms with E-state index in [2.05, 4.69) is 41.4 Å². The Morgan fingerprint density at radius 2 is 1.94 bits per heavy atom. The van der Waals surface area contributed by atoms with Crippen molar-refractivity contribution < 1.29 is 5.11 Å². The summed E-state index contributed by atoms with van der Waals surface area (Å²) in [4.78, 5) is 8.42. The average molecular weight is 252 g/mol. The first-order valence-electron chi connectivity index (χ1n) is 6.52. The van der Waals surface area contributed by atoms with Crippen molar-refractivity contribution in [1.82, 2.24) is 9.97 Å². The third-order valence-corrected chi connectivity index (χ3v) is 2.78. The summed E-state index contributed by atoms with van der Waals surface area (Å²) in [6.07, 6.45) is 2.82. The van der Waals surface area contributed by atoms with Gasteiger partial charge in [-0.25, -0.2) is 9.97 Å². The summed E-state index contributed by atoms with van der Waals surface area (Å²) >= 11 is 0. The van der Waals surface area contributed by atoms with Gasteiger partial charge < -0.3 is 15.7 Å². The van der Waals surface area contributed by atoms with E-state index in [4.69, 9.17) is 0 Å². The van der Waals surface area contributed by atoms with Crippen LogP contribution < -0.4 is 10.6 Å². The molecular formula is C13H24N4O. The van der Waals surface area contributed by atoms with Crippen LogP contribution in [-0.4, -0.2) is 34.8 Å². The highest BCUT2D eigenvalue weighted by Gasteiger charge is 2.11. The Balaban J connectivity index is 2.67. The minimum atomic E-state index is -0.345. The summed E-state index contributed by atoms with van der Waals surface area (Å²) in [6, 6.07) is 0. The maximum absolute atomic E-state index is 9.85.